The van der Waals surface area contributed by atoms with Gasteiger partial charge in [0, 0.05) is 0 Å². The van der Waals surface area contributed by atoms with Crippen molar-refractivity contribution in [3.63, 3.8) is 0 Å². The lowest BCUT2D eigenvalue weighted by atomic mass is 10.0. The molecule has 0 radical (unpaired) electrons. The molecule has 0 fully saturated rings. The summed E-state index contributed by atoms with van der Waals surface area (Å²) in [6, 6.07) is 13.8. The second-order valence-corrected chi connectivity index (χ2v) is 3.76. The first-order valence-corrected chi connectivity index (χ1v) is 5.27. The van der Waals surface area contributed by atoms with Crippen LogP contribution in [0.4, 0.5) is 4.39 Å². The smallest absolute Gasteiger partial charge is 0.123 e. The summed E-state index contributed by atoms with van der Waals surface area (Å²) in [5.41, 5.74) is 1.84. The van der Waals surface area contributed by atoms with Crippen LogP contribution in [0.15, 0.2) is 48.5 Å². The Morgan fingerprint density at radius 1 is 0.938 bits per heavy atom. The Labute approximate surface area is 94.2 Å². The number of aromatic hydroxyl groups is 1. The molecule has 0 saturated carbocycles. The Kier molecular flexibility index (Phi) is 3.20. The van der Waals surface area contributed by atoms with E-state index in [2.05, 4.69) is 0 Å². The van der Waals surface area contributed by atoms with Crippen LogP contribution in [0.2, 0.25) is 0 Å². The molecule has 0 aromatic heterocycles. The lowest BCUT2D eigenvalue weighted by molar-refractivity contribution is 0.468. The molecule has 0 bridgehead atoms. The minimum absolute atomic E-state index is 0.213. The number of phenols is 1. The van der Waals surface area contributed by atoms with E-state index in [-0.39, 0.29) is 5.82 Å². The molecule has 0 heterocycles. The van der Waals surface area contributed by atoms with Crippen molar-refractivity contribution < 1.29 is 9.50 Å². The Bertz CT molecular complexity index is 480. The molecule has 82 valence electrons. The zero-order valence-electron chi connectivity index (χ0n) is 8.86. The first-order valence-electron chi connectivity index (χ1n) is 5.27. The van der Waals surface area contributed by atoms with E-state index in [1.807, 2.05) is 18.2 Å². The summed E-state index contributed by atoms with van der Waals surface area (Å²) in [5, 5.41) is 9.57. The Morgan fingerprint density at radius 3 is 2.50 bits per heavy atom. The average molecular weight is 216 g/mol. The second-order valence-electron chi connectivity index (χ2n) is 3.76. The van der Waals surface area contributed by atoms with E-state index < -0.39 is 0 Å². The van der Waals surface area contributed by atoms with Crippen LogP contribution in [-0.2, 0) is 12.8 Å². The van der Waals surface area contributed by atoms with Crippen molar-refractivity contribution in [1.29, 1.82) is 0 Å². The zero-order valence-corrected chi connectivity index (χ0v) is 8.86. The minimum atomic E-state index is -0.213. The van der Waals surface area contributed by atoms with E-state index in [9.17, 15) is 9.50 Å². The largest absolute Gasteiger partial charge is 0.508 e. The van der Waals surface area contributed by atoms with Gasteiger partial charge in [-0.15, -0.1) is 0 Å². The van der Waals surface area contributed by atoms with E-state index in [0.29, 0.717) is 5.75 Å². The number of aryl methyl sites for hydroxylation is 2. The average Bonchev–Trinajstić information content (AvgIpc) is 2.28. The van der Waals surface area contributed by atoms with Crippen molar-refractivity contribution in [3.8, 4) is 5.75 Å². The van der Waals surface area contributed by atoms with Gasteiger partial charge >= 0.3 is 0 Å². The van der Waals surface area contributed by atoms with Crippen molar-refractivity contribution in [2.24, 2.45) is 0 Å². The van der Waals surface area contributed by atoms with E-state index in [1.54, 1.807) is 18.2 Å². The Morgan fingerprint density at radius 2 is 1.75 bits per heavy atom. The van der Waals surface area contributed by atoms with Gasteiger partial charge in [-0.3, -0.25) is 0 Å². The standard InChI is InChI=1S/C14H13FO/c15-13-6-3-4-11(10-13)8-9-12-5-1-2-7-14(12)16/h1-7,10,16H,8-9H2. The highest BCUT2D eigenvalue weighted by Gasteiger charge is 2.01. The highest BCUT2D eigenvalue weighted by molar-refractivity contribution is 5.32. The fourth-order valence-electron chi connectivity index (χ4n) is 1.69. The van der Waals surface area contributed by atoms with Crippen LogP contribution in [0, 0.1) is 5.82 Å². The predicted molar refractivity (Wildman–Crippen MR) is 61.9 cm³/mol. The first kappa shape index (κ1) is 10.7. The fourth-order valence-corrected chi connectivity index (χ4v) is 1.69. The van der Waals surface area contributed by atoms with Gasteiger partial charge in [0.2, 0.25) is 0 Å². The van der Waals surface area contributed by atoms with Gasteiger partial charge in [0.25, 0.3) is 0 Å². The van der Waals surface area contributed by atoms with Gasteiger partial charge in [-0.25, -0.2) is 4.39 Å². The summed E-state index contributed by atoms with van der Waals surface area (Å²) < 4.78 is 12.9. The molecule has 0 atom stereocenters. The highest BCUT2D eigenvalue weighted by atomic mass is 19.1. The van der Waals surface area contributed by atoms with Crippen molar-refractivity contribution in [2.45, 2.75) is 12.8 Å². The quantitative estimate of drug-likeness (QED) is 0.834. The van der Waals surface area contributed by atoms with E-state index >= 15 is 0 Å². The molecule has 1 nitrogen and oxygen atoms in total. The van der Waals surface area contributed by atoms with E-state index in [0.717, 1.165) is 24.0 Å². The molecule has 0 aliphatic carbocycles. The van der Waals surface area contributed by atoms with Gasteiger partial charge in [-0.2, -0.15) is 0 Å². The van der Waals surface area contributed by atoms with Gasteiger partial charge < -0.3 is 5.11 Å². The van der Waals surface area contributed by atoms with Gasteiger partial charge in [0.15, 0.2) is 0 Å². The van der Waals surface area contributed by atoms with Crippen molar-refractivity contribution in [1.82, 2.24) is 0 Å². The van der Waals surface area contributed by atoms with Crippen molar-refractivity contribution in [3.05, 3.63) is 65.5 Å². The van der Waals surface area contributed by atoms with Crippen LogP contribution in [-0.4, -0.2) is 5.11 Å². The summed E-state index contributed by atoms with van der Waals surface area (Å²) in [6.45, 7) is 0. The molecular formula is C14H13FO. The summed E-state index contributed by atoms with van der Waals surface area (Å²) in [5.74, 6) is 0.0914. The van der Waals surface area contributed by atoms with Crippen LogP contribution in [0.3, 0.4) is 0 Å². The molecule has 0 saturated heterocycles. The third-order valence-corrected chi connectivity index (χ3v) is 2.56. The normalized spacial score (nSPS) is 10.3. The summed E-state index contributed by atoms with van der Waals surface area (Å²) >= 11 is 0. The van der Waals surface area contributed by atoms with Crippen LogP contribution in [0.5, 0.6) is 5.75 Å². The number of hydrogen-bond acceptors (Lipinski definition) is 1. The maximum absolute atomic E-state index is 12.9. The lowest BCUT2D eigenvalue weighted by Crippen LogP contribution is -1.92. The molecule has 2 aromatic rings. The van der Waals surface area contributed by atoms with Gasteiger partial charge in [-0.05, 0) is 42.2 Å². The summed E-state index contributed by atoms with van der Waals surface area (Å²) in [7, 11) is 0. The molecule has 1 N–H and O–H groups in total. The van der Waals surface area contributed by atoms with Gasteiger partial charge in [0.1, 0.15) is 11.6 Å². The number of rotatable bonds is 3. The van der Waals surface area contributed by atoms with Crippen LogP contribution < -0.4 is 0 Å². The molecule has 0 amide bonds. The number of halogens is 1. The molecule has 2 aromatic carbocycles. The predicted octanol–water partition coefficient (Wildman–Crippen LogP) is 3.32. The van der Waals surface area contributed by atoms with Crippen molar-refractivity contribution >= 4 is 0 Å². The number of para-hydroxylation sites is 1. The summed E-state index contributed by atoms with van der Waals surface area (Å²) in [6.07, 6.45) is 1.45. The molecule has 0 spiro atoms. The second kappa shape index (κ2) is 4.79. The summed E-state index contributed by atoms with van der Waals surface area (Å²) in [4.78, 5) is 0. The first-order chi connectivity index (χ1) is 7.75. The van der Waals surface area contributed by atoms with Crippen LogP contribution in [0.25, 0.3) is 0 Å². The molecule has 0 aliphatic heterocycles. The van der Waals surface area contributed by atoms with Gasteiger partial charge in [-0.1, -0.05) is 30.3 Å². The van der Waals surface area contributed by atoms with Crippen LogP contribution in [0.1, 0.15) is 11.1 Å². The number of hydrogen-bond donors (Lipinski definition) is 1. The SMILES string of the molecule is Oc1ccccc1CCc1cccc(F)c1. The molecule has 16 heavy (non-hydrogen) atoms. The van der Waals surface area contributed by atoms with Crippen LogP contribution >= 0.6 is 0 Å². The monoisotopic (exact) mass is 216 g/mol. The third-order valence-electron chi connectivity index (χ3n) is 2.56. The zero-order chi connectivity index (χ0) is 11.4. The van der Waals surface area contributed by atoms with E-state index in [1.165, 1.54) is 12.1 Å². The fraction of sp³-hybridized carbons (Fsp3) is 0.143. The molecule has 0 unspecified atom stereocenters. The Balaban J connectivity index is 2.05. The highest BCUT2D eigenvalue weighted by Crippen LogP contribution is 2.18. The maximum Gasteiger partial charge on any atom is 0.123 e. The topological polar surface area (TPSA) is 20.2 Å². The van der Waals surface area contributed by atoms with Crippen molar-refractivity contribution in [2.75, 3.05) is 0 Å². The molecule has 2 rings (SSSR count). The van der Waals surface area contributed by atoms with Gasteiger partial charge in [0.05, 0.1) is 0 Å². The molecular weight excluding hydrogens is 203 g/mol. The maximum atomic E-state index is 12.9. The van der Waals surface area contributed by atoms with E-state index in [4.69, 9.17) is 0 Å². The lowest BCUT2D eigenvalue weighted by Gasteiger charge is -2.04. The number of phenolic OH excluding ortho intramolecular Hbond substituents is 1. The Hall–Kier alpha value is -1.83. The molecule has 2 heteroatoms. The molecule has 0 aliphatic rings. The minimum Gasteiger partial charge on any atom is -0.508 e. The third kappa shape index (κ3) is 2.60. The number of benzene rings is 2.